The zero-order valence-electron chi connectivity index (χ0n) is 15.2. The number of rotatable bonds is 3. The number of allylic oxidation sites excluding steroid dienone is 3. The minimum Gasteiger partial charge on any atom is -0.399 e. The van der Waals surface area contributed by atoms with E-state index in [1.165, 1.54) is 31.9 Å². The molecule has 0 aliphatic carbocycles. The van der Waals surface area contributed by atoms with Crippen LogP contribution in [-0.2, 0) is 0 Å². The highest BCUT2D eigenvalue weighted by Gasteiger charge is 2.48. The molecule has 4 rings (SSSR count). The Labute approximate surface area is 156 Å². The topological polar surface area (TPSA) is 26.0 Å². The van der Waals surface area contributed by atoms with E-state index in [0.29, 0.717) is 0 Å². The summed E-state index contributed by atoms with van der Waals surface area (Å²) in [4.78, 5) is 0. The summed E-state index contributed by atoms with van der Waals surface area (Å²) in [6, 6.07) is 30.8. The van der Waals surface area contributed by atoms with Gasteiger partial charge in [0.25, 0.3) is 0 Å². The van der Waals surface area contributed by atoms with Crippen LogP contribution < -0.4 is 21.3 Å². The Kier molecular flexibility index (Phi) is 4.13. The molecule has 2 N–H and O–H groups in total. The lowest BCUT2D eigenvalue weighted by Gasteiger charge is -2.32. The van der Waals surface area contributed by atoms with Gasteiger partial charge in [-0.2, -0.15) is 0 Å². The highest BCUT2D eigenvalue weighted by atomic mass is 28.3. The second-order valence-electron chi connectivity index (χ2n) is 6.77. The Balaban J connectivity index is 2.17. The zero-order valence-corrected chi connectivity index (χ0v) is 16.2. The first-order valence-corrected chi connectivity index (χ1v) is 11.1. The molecule has 2 heteroatoms. The molecule has 1 aliphatic heterocycles. The maximum absolute atomic E-state index is 6.49. The fourth-order valence-corrected chi connectivity index (χ4v) is 9.65. The molecule has 0 amide bonds. The molecule has 0 fully saturated rings. The quantitative estimate of drug-likeness (QED) is 0.718. The van der Waals surface area contributed by atoms with Gasteiger partial charge in [0.1, 0.15) is 0 Å². The number of hydrogen-bond acceptors (Lipinski definition) is 1. The third-order valence-corrected chi connectivity index (χ3v) is 10.6. The highest BCUT2D eigenvalue weighted by molar-refractivity contribution is 7.18. The maximum Gasteiger partial charge on any atom is 0.176 e. The molecule has 1 nitrogen and oxygen atoms in total. The Bertz CT molecular complexity index is 961. The summed E-state index contributed by atoms with van der Waals surface area (Å²) in [6.45, 7) is 4.31. The van der Waals surface area contributed by atoms with E-state index < -0.39 is 8.07 Å². The van der Waals surface area contributed by atoms with Gasteiger partial charge in [0.15, 0.2) is 8.07 Å². The molecule has 128 valence electrons. The van der Waals surface area contributed by atoms with E-state index >= 15 is 0 Å². The number of fused-ring (bicyclic) bond motifs is 1. The molecular weight excluding hydrogens is 330 g/mol. The lowest BCUT2D eigenvalue weighted by Crippen LogP contribution is -2.67. The highest BCUT2D eigenvalue weighted by Crippen LogP contribution is 2.36. The summed E-state index contributed by atoms with van der Waals surface area (Å²) in [5.41, 5.74) is 9.87. The SMILES string of the molecule is C/C=C(/N)C1=C(C)[Si](c2ccccc2)(c2ccccc2)c2ccccc21. The summed E-state index contributed by atoms with van der Waals surface area (Å²) >= 11 is 0. The van der Waals surface area contributed by atoms with Crippen molar-refractivity contribution in [2.75, 3.05) is 0 Å². The van der Waals surface area contributed by atoms with Crippen molar-refractivity contribution in [3.8, 4) is 0 Å². The van der Waals surface area contributed by atoms with Crippen molar-refractivity contribution < 1.29 is 0 Å². The number of benzene rings is 3. The van der Waals surface area contributed by atoms with Crippen molar-refractivity contribution in [3.05, 3.63) is 107 Å². The zero-order chi connectivity index (χ0) is 18.1. The third kappa shape index (κ3) is 2.22. The molecule has 0 spiro atoms. The second-order valence-corrected chi connectivity index (χ2v) is 10.7. The van der Waals surface area contributed by atoms with Gasteiger partial charge in [-0.3, -0.25) is 0 Å². The van der Waals surface area contributed by atoms with Crippen molar-refractivity contribution in [2.24, 2.45) is 5.73 Å². The van der Waals surface area contributed by atoms with Gasteiger partial charge >= 0.3 is 0 Å². The van der Waals surface area contributed by atoms with Gasteiger partial charge in [-0.05, 0) is 35.0 Å². The van der Waals surface area contributed by atoms with Crippen LogP contribution >= 0.6 is 0 Å². The van der Waals surface area contributed by atoms with Crippen LogP contribution in [0.15, 0.2) is 102 Å². The first kappa shape index (κ1) is 16.6. The van der Waals surface area contributed by atoms with Gasteiger partial charge in [-0.25, -0.2) is 0 Å². The molecule has 1 heterocycles. The van der Waals surface area contributed by atoms with Gasteiger partial charge in [0, 0.05) is 11.3 Å². The summed E-state index contributed by atoms with van der Waals surface area (Å²) in [6.07, 6.45) is 2.02. The summed E-state index contributed by atoms with van der Waals surface area (Å²) in [7, 11) is -2.29. The van der Waals surface area contributed by atoms with Crippen LogP contribution in [0.25, 0.3) is 5.57 Å². The van der Waals surface area contributed by atoms with Crippen LogP contribution in [0, 0.1) is 0 Å². The van der Waals surface area contributed by atoms with E-state index in [1.54, 1.807) is 0 Å². The van der Waals surface area contributed by atoms with Crippen molar-refractivity contribution in [2.45, 2.75) is 13.8 Å². The van der Waals surface area contributed by atoms with Crippen LogP contribution in [0.5, 0.6) is 0 Å². The summed E-state index contributed by atoms with van der Waals surface area (Å²) in [5.74, 6) is 0. The van der Waals surface area contributed by atoms with Gasteiger partial charge in [-0.15, -0.1) is 0 Å². The molecule has 0 atom stereocenters. The Hall–Kier alpha value is -2.84. The molecule has 0 radical (unpaired) electrons. The van der Waals surface area contributed by atoms with Gasteiger partial charge in [0.05, 0.1) is 0 Å². The predicted octanol–water partition coefficient (Wildman–Crippen LogP) is 3.35. The minimum atomic E-state index is -2.29. The van der Waals surface area contributed by atoms with Crippen molar-refractivity contribution in [1.82, 2.24) is 0 Å². The van der Waals surface area contributed by atoms with E-state index in [1.807, 2.05) is 13.0 Å². The Morgan fingerprint density at radius 3 is 1.81 bits per heavy atom. The monoisotopic (exact) mass is 353 g/mol. The van der Waals surface area contributed by atoms with Crippen molar-refractivity contribution in [3.63, 3.8) is 0 Å². The molecule has 0 bridgehead atoms. The minimum absolute atomic E-state index is 0.871. The average molecular weight is 354 g/mol. The molecule has 3 aromatic carbocycles. The first-order valence-electron chi connectivity index (χ1n) is 9.05. The lowest BCUT2D eigenvalue weighted by atomic mass is 10.0. The normalized spacial score (nSPS) is 15.8. The number of hydrogen-bond donors (Lipinski definition) is 1. The van der Waals surface area contributed by atoms with Crippen molar-refractivity contribution in [1.29, 1.82) is 0 Å². The van der Waals surface area contributed by atoms with Crippen LogP contribution in [0.1, 0.15) is 19.4 Å². The molecule has 3 aromatic rings. The van der Waals surface area contributed by atoms with E-state index in [2.05, 4.69) is 91.9 Å². The predicted molar refractivity (Wildman–Crippen MR) is 115 cm³/mol. The number of nitrogens with two attached hydrogens (primary N) is 1. The van der Waals surface area contributed by atoms with E-state index in [9.17, 15) is 0 Å². The molecule has 0 saturated carbocycles. The Morgan fingerprint density at radius 1 is 0.769 bits per heavy atom. The standard InChI is InChI=1S/C24H23NSi/c1-3-22(25)24-18(2)26(19-12-6-4-7-13-19,20-14-8-5-9-15-20)23-17-11-10-16-21(23)24/h3-17H,25H2,1-2H3/b22-3+. The van der Waals surface area contributed by atoms with Crippen LogP contribution in [-0.4, -0.2) is 8.07 Å². The first-order chi connectivity index (χ1) is 12.7. The molecule has 0 aromatic heterocycles. The van der Waals surface area contributed by atoms with E-state index in [-0.39, 0.29) is 0 Å². The summed E-state index contributed by atoms with van der Waals surface area (Å²) < 4.78 is 0. The molecule has 0 saturated heterocycles. The molecular formula is C24H23NSi. The third-order valence-electron chi connectivity index (χ3n) is 5.55. The van der Waals surface area contributed by atoms with Gasteiger partial charge in [-0.1, -0.05) is 96.2 Å². The Morgan fingerprint density at radius 2 is 1.27 bits per heavy atom. The van der Waals surface area contributed by atoms with Crippen molar-refractivity contribution >= 4 is 29.2 Å². The van der Waals surface area contributed by atoms with Gasteiger partial charge in [0.2, 0.25) is 0 Å². The average Bonchev–Trinajstić information content (AvgIpc) is 2.98. The van der Waals surface area contributed by atoms with Crippen LogP contribution in [0.2, 0.25) is 0 Å². The molecule has 0 unspecified atom stereocenters. The molecule has 26 heavy (non-hydrogen) atoms. The molecule has 1 aliphatic rings. The maximum atomic E-state index is 6.49. The van der Waals surface area contributed by atoms with E-state index in [0.717, 1.165) is 5.70 Å². The fourth-order valence-electron chi connectivity index (χ4n) is 4.42. The van der Waals surface area contributed by atoms with Crippen LogP contribution in [0.4, 0.5) is 0 Å². The summed E-state index contributed by atoms with van der Waals surface area (Å²) in [5, 5.41) is 5.69. The van der Waals surface area contributed by atoms with Gasteiger partial charge < -0.3 is 5.73 Å². The second kappa shape index (κ2) is 6.47. The van der Waals surface area contributed by atoms with E-state index in [4.69, 9.17) is 5.73 Å². The largest absolute Gasteiger partial charge is 0.399 e. The smallest absolute Gasteiger partial charge is 0.176 e. The fraction of sp³-hybridized carbons (Fsp3) is 0.0833. The van der Waals surface area contributed by atoms with Crippen LogP contribution in [0.3, 0.4) is 0 Å². The lowest BCUT2D eigenvalue weighted by molar-refractivity contribution is 1.39.